The summed E-state index contributed by atoms with van der Waals surface area (Å²) in [6.07, 6.45) is 4.17. The Morgan fingerprint density at radius 2 is 2.04 bits per heavy atom. The fraction of sp³-hybridized carbons (Fsp3) is 0.176. The quantitative estimate of drug-likeness (QED) is 0.650. The highest BCUT2D eigenvalue weighted by Crippen LogP contribution is 2.15. The van der Waals surface area contributed by atoms with Crippen molar-refractivity contribution in [2.45, 2.75) is 13.0 Å². The summed E-state index contributed by atoms with van der Waals surface area (Å²) < 4.78 is 9.89. The van der Waals surface area contributed by atoms with E-state index in [0.29, 0.717) is 10.8 Å². The summed E-state index contributed by atoms with van der Waals surface area (Å²) in [5.74, 6) is -0.467. The standard InChI is InChI=1S/C17H16ClNO4/c1-12(13-4-6-14(18)7-5-13)19-16(20)11-23-17(21)9-8-15-3-2-10-22-15/h2-10,12H,11H2,1H3,(H,19,20)/b9-8+/t12-/m1/s1. The first-order chi connectivity index (χ1) is 11.0. The van der Waals surface area contributed by atoms with Gasteiger partial charge in [-0.3, -0.25) is 4.79 Å². The second kappa shape index (κ2) is 8.19. The smallest absolute Gasteiger partial charge is 0.331 e. The second-order valence-electron chi connectivity index (χ2n) is 4.80. The van der Waals surface area contributed by atoms with Crippen LogP contribution in [0.25, 0.3) is 6.08 Å². The highest BCUT2D eigenvalue weighted by Gasteiger charge is 2.11. The van der Waals surface area contributed by atoms with E-state index < -0.39 is 5.97 Å². The van der Waals surface area contributed by atoms with E-state index in [1.807, 2.05) is 19.1 Å². The Labute approximate surface area is 138 Å². The number of hydrogen-bond donors (Lipinski definition) is 1. The molecular weight excluding hydrogens is 318 g/mol. The van der Waals surface area contributed by atoms with Crippen molar-refractivity contribution in [1.29, 1.82) is 0 Å². The molecular formula is C17H16ClNO4. The molecule has 2 rings (SSSR count). The van der Waals surface area contributed by atoms with Crippen LogP contribution < -0.4 is 5.32 Å². The first-order valence-electron chi connectivity index (χ1n) is 6.98. The van der Waals surface area contributed by atoms with E-state index in [2.05, 4.69) is 5.32 Å². The molecule has 0 unspecified atom stereocenters. The molecule has 1 amide bonds. The van der Waals surface area contributed by atoms with Crippen LogP contribution in [0.15, 0.2) is 53.2 Å². The molecule has 6 heteroatoms. The van der Waals surface area contributed by atoms with Crippen LogP contribution in [0.1, 0.15) is 24.3 Å². The molecule has 1 N–H and O–H groups in total. The molecule has 23 heavy (non-hydrogen) atoms. The number of ether oxygens (including phenoxy) is 1. The molecule has 1 aromatic heterocycles. The van der Waals surface area contributed by atoms with Gasteiger partial charge in [-0.15, -0.1) is 0 Å². The van der Waals surface area contributed by atoms with Gasteiger partial charge in [-0.2, -0.15) is 0 Å². The zero-order valence-electron chi connectivity index (χ0n) is 12.5. The van der Waals surface area contributed by atoms with Gasteiger partial charge < -0.3 is 14.5 Å². The average molecular weight is 334 g/mol. The SMILES string of the molecule is C[C@@H](NC(=O)COC(=O)/C=C/c1ccco1)c1ccc(Cl)cc1. The van der Waals surface area contributed by atoms with Gasteiger partial charge in [0.05, 0.1) is 12.3 Å². The summed E-state index contributed by atoms with van der Waals surface area (Å²) in [4.78, 5) is 23.3. The molecule has 2 aromatic rings. The Kier molecular flexibility index (Phi) is 6.00. The first-order valence-corrected chi connectivity index (χ1v) is 7.35. The highest BCUT2D eigenvalue weighted by molar-refractivity contribution is 6.30. The van der Waals surface area contributed by atoms with Crippen molar-refractivity contribution in [1.82, 2.24) is 5.32 Å². The third-order valence-corrected chi connectivity index (χ3v) is 3.27. The van der Waals surface area contributed by atoms with Gasteiger partial charge in [0.1, 0.15) is 5.76 Å². The molecule has 0 radical (unpaired) electrons. The molecule has 5 nitrogen and oxygen atoms in total. The molecule has 0 saturated carbocycles. The van der Waals surface area contributed by atoms with E-state index in [-0.39, 0.29) is 18.6 Å². The lowest BCUT2D eigenvalue weighted by molar-refractivity contribution is -0.144. The molecule has 1 aromatic carbocycles. The van der Waals surface area contributed by atoms with Gasteiger partial charge in [-0.1, -0.05) is 23.7 Å². The number of hydrogen-bond acceptors (Lipinski definition) is 4. The Hall–Kier alpha value is -2.53. The lowest BCUT2D eigenvalue weighted by Crippen LogP contribution is -2.30. The van der Waals surface area contributed by atoms with E-state index in [1.54, 1.807) is 24.3 Å². The predicted molar refractivity (Wildman–Crippen MR) is 86.7 cm³/mol. The predicted octanol–water partition coefficient (Wildman–Crippen LogP) is 3.37. The van der Waals surface area contributed by atoms with Crippen molar-refractivity contribution in [3.05, 3.63) is 65.1 Å². The summed E-state index contributed by atoms with van der Waals surface area (Å²) >= 11 is 5.82. The second-order valence-corrected chi connectivity index (χ2v) is 5.23. The molecule has 0 aliphatic carbocycles. The van der Waals surface area contributed by atoms with Crippen LogP contribution in [0.2, 0.25) is 5.02 Å². The summed E-state index contributed by atoms with van der Waals surface area (Å²) in [6.45, 7) is 1.49. The molecule has 0 aliphatic heterocycles. The summed E-state index contributed by atoms with van der Waals surface area (Å²) in [6, 6.07) is 10.3. The first kappa shape index (κ1) is 16.8. The Balaban J connectivity index is 1.76. The zero-order valence-corrected chi connectivity index (χ0v) is 13.2. The van der Waals surface area contributed by atoms with E-state index in [9.17, 15) is 9.59 Å². The Bertz CT molecular complexity index is 677. The van der Waals surface area contributed by atoms with Crippen LogP contribution in [-0.4, -0.2) is 18.5 Å². The summed E-state index contributed by atoms with van der Waals surface area (Å²) in [5, 5.41) is 3.37. The maximum absolute atomic E-state index is 11.8. The van der Waals surface area contributed by atoms with Crippen LogP contribution in [-0.2, 0) is 14.3 Å². The average Bonchev–Trinajstić information content (AvgIpc) is 3.05. The van der Waals surface area contributed by atoms with Crippen LogP contribution in [0.4, 0.5) is 0 Å². The maximum atomic E-state index is 11.8. The third kappa shape index (κ3) is 5.64. The van der Waals surface area contributed by atoms with Crippen molar-refractivity contribution >= 4 is 29.6 Å². The minimum atomic E-state index is -0.615. The third-order valence-electron chi connectivity index (χ3n) is 3.02. The van der Waals surface area contributed by atoms with E-state index in [4.69, 9.17) is 20.8 Å². The van der Waals surface area contributed by atoms with Crippen molar-refractivity contribution < 1.29 is 18.7 Å². The van der Waals surface area contributed by atoms with Gasteiger partial charge in [-0.25, -0.2) is 4.79 Å². The van der Waals surface area contributed by atoms with Crippen LogP contribution >= 0.6 is 11.6 Å². The van der Waals surface area contributed by atoms with Gasteiger partial charge in [0.25, 0.3) is 5.91 Å². The molecule has 0 fully saturated rings. The van der Waals surface area contributed by atoms with Crippen LogP contribution in [0.3, 0.4) is 0 Å². The number of esters is 1. The lowest BCUT2D eigenvalue weighted by Gasteiger charge is -2.14. The monoisotopic (exact) mass is 333 g/mol. The zero-order chi connectivity index (χ0) is 16.7. The normalized spacial score (nSPS) is 12.1. The van der Waals surface area contributed by atoms with E-state index in [1.165, 1.54) is 18.4 Å². The number of carbonyl (C=O) groups is 2. The lowest BCUT2D eigenvalue weighted by atomic mass is 10.1. The summed E-state index contributed by atoms with van der Waals surface area (Å²) in [7, 11) is 0. The number of benzene rings is 1. The van der Waals surface area contributed by atoms with E-state index >= 15 is 0 Å². The van der Waals surface area contributed by atoms with Gasteiger partial charge in [0.15, 0.2) is 6.61 Å². The molecule has 120 valence electrons. The summed E-state index contributed by atoms with van der Waals surface area (Å²) in [5.41, 5.74) is 0.909. The fourth-order valence-electron chi connectivity index (χ4n) is 1.84. The van der Waals surface area contributed by atoms with Gasteiger partial charge in [0, 0.05) is 11.1 Å². The molecule has 1 heterocycles. The van der Waals surface area contributed by atoms with Gasteiger partial charge in [-0.05, 0) is 42.8 Å². The van der Waals surface area contributed by atoms with Crippen LogP contribution in [0.5, 0.6) is 0 Å². The molecule has 1 atom stereocenters. The topological polar surface area (TPSA) is 68.5 Å². The van der Waals surface area contributed by atoms with E-state index in [0.717, 1.165) is 5.56 Å². The van der Waals surface area contributed by atoms with Gasteiger partial charge in [0.2, 0.25) is 0 Å². The molecule has 0 spiro atoms. The number of carbonyl (C=O) groups excluding carboxylic acids is 2. The van der Waals surface area contributed by atoms with Crippen molar-refractivity contribution in [3.8, 4) is 0 Å². The van der Waals surface area contributed by atoms with Crippen molar-refractivity contribution in [3.63, 3.8) is 0 Å². The number of amides is 1. The minimum absolute atomic E-state index is 0.211. The maximum Gasteiger partial charge on any atom is 0.331 e. The number of halogens is 1. The van der Waals surface area contributed by atoms with Gasteiger partial charge >= 0.3 is 5.97 Å². The van der Waals surface area contributed by atoms with Crippen molar-refractivity contribution in [2.24, 2.45) is 0 Å². The van der Waals surface area contributed by atoms with Crippen molar-refractivity contribution in [2.75, 3.05) is 6.61 Å². The van der Waals surface area contributed by atoms with Crippen LogP contribution in [0, 0.1) is 0 Å². The molecule has 0 aliphatic rings. The fourth-order valence-corrected chi connectivity index (χ4v) is 1.96. The Morgan fingerprint density at radius 3 is 2.70 bits per heavy atom. The number of rotatable bonds is 6. The minimum Gasteiger partial charge on any atom is -0.465 e. The molecule has 0 saturated heterocycles. The number of furan rings is 1. The largest absolute Gasteiger partial charge is 0.465 e. The Morgan fingerprint density at radius 1 is 1.30 bits per heavy atom. The number of nitrogens with one attached hydrogen (secondary N) is 1. The highest BCUT2D eigenvalue weighted by atomic mass is 35.5. The molecule has 0 bridgehead atoms.